The molecular formula is C18H17ClNNaO4. The van der Waals surface area contributed by atoms with E-state index in [1.165, 1.54) is 13.2 Å². The molecule has 0 bridgehead atoms. The van der Waals surface area contributed by atoms with Gasteiger partial charge in [-0.15, -0.1) is 0 Å². The van der Waals surface area contributed by atoms with Crippen LogP contribution in [0.3, 0.4) is 0 Å². The third-order valence-electron chi connectivity index (χ3n) is 3.39. The molecule has 126 valence electrons. The number of nitrogens with zero attached hydrogens (tertiary/aromatic N) is 1. The zero-order chi connectivity index (χ0) is 17.5. The van der Waals surface area contributed by atoms with Crippen LogP contribution in [0.4, 0.5) is 0 Å². The number of phenols is 1. The second-order valence-electron chi connectivity index (χ2n) is 5.10. The standard InChI is InChI=1S/C18H18ClNO4.Na/c1-24-14-8-9-15(16(21)11-14)18(20-10-2-3-17(22)23)12-4-6-13(19)7-5-12;/h4-9,11,21H,2-3,10H2,1H3,(H,22,23);/q;+1/p-1. The molecule has 0 aliphatic heterocycles. The number of carboxylic acid groups (broad SMARTS) is 1. The Hall–Kier alpha value is -1.53. The number of aliphatic imine (C=N–C) groups is 1. The fraction of sp³-hybridized carbons (Fsp3) is 0.222. The van der Waals surface area contributed by atoms with E-state index >= 15 is 0 Å². The number of carbonyl (C=O) groups excluding carboxylic acids is 1. The molecule has 0 radical (unpaired) electrons. The molecule has 5 nitrogen and oxygen atoms in total. The number of aromatic hydroxyl groups is 1. The van der Waals surface area contributed by atoms with Crippen LogP contribution in [0.15, 0.2) is 47.5 Å². The van der Waals surface area contributed by atoms with Gasteiger partial charge in [-0.05, 0) is 37.1 Å². The van der Waals surface area contributed by atoms with Crippen molar-refractivity contribution < 1.29 is 49.3 Å². The van der Waals surface area contributed by atoms with Crippen LogP contribution in [-0.4, -0.2) is 30.4 Å². The predicted molar refractivity (Wildman–Crippen MR) is 90.9 cm³/mol. The van der Waals surface area contributed by atoms with E-state index in [0.29, 0.717) is 35.0 Å². The zero-order valence-electron chi connectivity index (χ0n) is 14.2. The normalized spacial score (nSPS) is 10.9. The van der Waals surface area contributed by atoms with Crippen molar-refractivity contribution in [3.05, 3.63) is 58.6 Å². The average Bonchev–Trinajstić information content (AvgIpc) is 2.56. The van der Waals surface area contributed by atoms with Crippen LogP contribution in [0.2, 0.25) is 5.02 Å². The summed E-state index contributed by atoms with van der Waals surface area (Å²) in [4.78, 5) is 15.0. The molecule has 0 unspecified atom stereocenters. The number of benzene rings is 2. The molecule has 0 aromatic heterocycles. The Morgan fingerprint density at radius 1 is 1.24 bits per heavy atom. The van der Waals surface area contributed by atoms with Gasteiger partial charge in [0.2, 0.25) is 0 Å². The summed E-state index contributed by atoms with van der Waals surface area (Å²) in [6, 6.07) is 12.0. The maximum atomic E-state index is 10.5. The first-order chi connectivity index (χ1) is 11.5. The summed E-state index contributed by atoms with van der Waals surface area (Å²) in [5, 5.41) is 21.4. The van der Waals surface area contributed by atoms with Crippen LogP contribution in [0, 0.1) is 0 Å². The molecule has 2 rings (SSSR count). The number of rotatable bonds is 7. The molecule has 25 heavy (non-hydrogen) atoms. The molecule has 0 spiro atoms. The summed E-state index contributed by atoms with van der Waals surface area (Å²) in [6.07, 6.45) is 0.294. The van der Waals surface area contributed by atoms with Crippen molar-refractivity contribution in [3.8, 4) is 11.5 Å². The summed E-state index contributed by atoms with van der Waals surface area (Å²) in [5.41, 5.74) is 1.87. The van der Waals surface area contributed by atoms with Crippen molar-refractivity contribution in [2.75, 3.05) is 13.7 Å². The fourth-order valence-corrected chi connectivity index (χ4v) is 2.32. The van der Waals surface area contributed by atoms with Gasteiger partial charge in [0.1, 0.15) is 11.5 Å². The van der Waals surface area contributed by atoms with Gasteiger partial charge in [-0.1, -0.05) is 23.7 Å². The number of phenolic OH excluding ortho intramolecular Hbond substituents is 1. The van der Waals surface area contributed by atoms with Gasteiger partial charge in [-0.3, -0.25) is 4.99 Å². The molecule has 0 aliphatic carbocycles. The summed E-state index contributed by atoms with van der Waals surface area (Å²) in [5.74, 6) is -0.544. The van der Waals surface area contributed by atoms with Crippen LogP contribution in [0.25, 0.3) is 0 Å². The van der Waals surface area contributed by atoms with E-state index in [9.17, 15) is 15.0 Å². The molecular weight excluding hydrogens is 353 g/mol. The number of hydrogen-bond acceptors (Lipinski definition) is 5. The second kappa shape index (κ2) is 10.5. The SMILES string of the molecule is COc1ccc(C(=NCCCC(=O)[O-])c2ccc(Cl)cc2)c(O)c1.[Na+]. The smallest absolute Gasteiger partial charge is 0.550 e. The summed E-state index contributed by atoms with van der Waals surface area (Å²) in [7, 11) is 1.52. The van der Waals surface area contributed by atoms with E-state index in [2.05, 4.69) is 4.99 Å². The fourth-order valence-electron chi connectivity index (χ4n) is 2.19. The Morgan fingerprint density at radius 3 is 2.48 bits per heavy atom. The van der Waals surface area contributed by atoms with Gasteiger partial charge in [0.05, 0.1) is 12.8 Å². The molecule has 0 saturated heterocycles. The van der Waals surface area contributed by atoms with Crippen molar-refractivity contribution >= 4 is 23.3 Å². The Bertz CT molecular complexity index is 747. The number of carboxylic acids is 1. The van der Waals surface area contributed by atoms with Crippen molar-refractivity contribution in [2.24, 2.45) is 4.99 Å². The molecule has 0 atom stereocenters. The Balaban J connectivity index is 0.00000312. The van der Waals surface area contributed by atoms with Gasteiger partial charge < -0.3 is 19.7 Å². The van der Waals surface area contributed by atoms with Gasteiger partial charge >= 0.3 is 29.6 Å². The minimum atomic E-state index is -1.11. The minimum absolute atomic E-state index is 0. The van der Waals surface area contributed by atoms with E-state index in [1.54, 1.807) is 36.4 Å². The maximum absolute atomic E-state index is 10.5. The topological polar surface area (TPSA) is 82.0 Å². The zero-order valence-corrected chi connectivity index (χ0v) is 16.9. The number of aliphatic carboxylic acids is 1. The monoisotopic (exact) mass is 369 g/mol. The largest absolute Gasteiger partial charge is 1.00 e. The minimum Gasteiger partial charge on any atom is -0.550 e. The third kappa shape index (κ3) is 6.36. The number of ether oxygens (including phenoxy) is 1. The Labute approximate surface area is 173 Å². The van der Waals surface area contributed by atoms with Crippen LogP contribution in [0.1, 0.15) is 24.0 Å². The van der Waals surface area contributed by atoms with Crippen LogP contribution in [0.5, 0.6) is 11.5 Å². The van der Waals surface area contributed by atoms with Gasteiger partial charge in [-0.2, -0.15) is 0 Å². The number of hydrogen-bond donors (Lipinski definition) is 1. The molecule has 0 heterocycles. The van der Waals surface area contributed by atoms with Gasteiger partial charge in [0.15, 0.2) is 0 Å². The molecule has 0 fully saturated rings. The van der Waals surface area contributed by atoms with Crippen molar-refractivity contribution in [1.82, 2.24) is 0 Å². The number of carbonyl (C=O) groups is 1. The number of halogens is 1. The Morgan fingerprint density at radius 2 is 1.92 bits per heavy atom. The maximum Gasteiger partial charge on any atom is 1.00 e. The van der Waals surface area contributed by atoms with E-state index < -0.39 is 5.97 Å². The molecule has 0 amide bonds. The molecule has 0 aliphatic rings. The average molecular weight is 370 g/mol. The quantitative estimate of drug-likeness (QED) is 0.402. The van der Waals surface area contributed by atoms with Crippen LogP contribution < -0.4 is 39.4 Å². The first-order valence-corrected chi connectivity index (χ1v) is 7.76. The van der Waals surface area contributed by atoms with E-state index in [0.717, 1.165) is 5.56 Å². The molecule has 2 aromatic carbocycles. The van der Waals surface area contributed by atoms with E-state index in [4.69, 9.17) is 16.3 Å². The Kier molecular flexibility index (Phi) is 9.00. The number of methoxy groups -OCH3 is 1. The predicted octanol–water partition coefficient (Wildman–Crippen LogP) is -0.574. The van der Waals surface area contributed by atoms with Crippen molar-refractivity contribution in [1.29, 1.82) is 0 Å². The molecule has 2 aromatic rings. The van der Waals surface area contributed by atoms with Gasteiger partial charge in [0.25, 0.3) is 0 Å². The molecule has 7 heteroatoms. The van der Waals surface area contributed by atoms with Crippen molar-refractivity contribution in [3.63, 3.8) is 0 Å². The third-order valence-corrected chi connectivity index (χ3v) is 3.64. The first-order valence-electron chi connectivity index (χ1n) is 7.39. The van der Waals surface area contributed by atoms with Gasteiger partial charge in [0, 0.05) is 34.7 Å². The van der Waals surface area contributed by atoms with Crippen LogP contribution in [-0.2, 0) is 4.79 Å². The molecule has 0 saturated carbocycles. The molecule has 1 N–H and O–H groups in total. The van der Waals surface area contributed by atoms with Gasteiger partial charge in [-0.25, -0.2) is 0 Å². The van der Waals surface area contributed by atoms with Crippen LogP contribution >= 0.6 is 11.6 Å². The van der Waals surface area contributed by atoms with E-state index in [1.807, 2.05) is 0 Å². The summed E-state index contributed by atoms with van der Waals surface area (Å²) in [6.45, 7) is 0.303. The summed E-state index contributed by atoms with van der Waals surface area (Å²) < 4.78 is 5.09. The second-order valence-corrected chi connectivity index (χ2v) is 5.53. The first kappa shape index (κ1) is 21.5. The summed E-state index contributed by atoms with van der Waals surface area (Å²) >= 11 is 5.92. The van der Waals surface area contributed by atoms with E-state index in [-0.39, 0.29) is 41.7 Å². The van der Waals surface area contributed by atoms with Crippen molar-refractivity contribution in [2.45, 2.75) is 12.8 Å².